The molecule has 2 heterocycles. The Balaban J connectivity index is 1.76. The Morgan fingerprint density at radius 1 is 1.22 bits per heavy atom. The normalized spacial score (nSPS) is 18.2. The van der Waals surface area contributed by atoms with Gasteiger partial charge in [0.15, 0.2) is 9.84 Å². The number of carbonyl (C=O) groups is 1. The van der Waals surface area contributed by atoms with Gasteiger partial charge in [0.05, 0.1) is 11.5 Å². The molecular formula is C20H25N3O3S. The van der Waals surface area contributed by atoms with E-state index in [1.165, 1.54) is 0 Å². The van der Waals surface area contributed by atoms with Crippen LogP contribution in [0.3, 0.4) is 0 Å². The smallest absolute Gasteiger partial charge is 0.254 e. The van der Waals surface area contributed by atoms with Crippen molar-refractivity contribution in [2.45, 2.75) is 25.9 Å². The molecule has 1 amide bonds. The molecule has 1 atom stereocenters. The predicted molar refractivity (Wildman–Crippen MR) is 107 cm³/mol. The van der Waals surface area contributed by atoms with E-state index in [2.05, 4.69) is 4.98 Å². The van der Waals surface area contributed by atoms with Crippen LogP contribution in [0.5, 0.6) is 0 Å². The third-order valence-electron chi connectivity index (χ3n) is 4.90. The fraction of sp³-hybridized carbons (Fsp3) is 0.400. The van der Waals surface area contributed by atoms with Gasteiger partial charge in [-0.15, -0.1) is 0 Å². The number of nitrogens with zero attached hydrogens (tertiary/aromatic N) is 3. The van der Waals surface area contributed by atoms with Gasteiger partial charge in [0.2, 0.25) is 0 Å². The van der Waals surface area contributed by atoms with Gasteiger partial charge in [-0.3, -0.25) is 4.79 Å². The Bertz CT molecular complexity index is 900. The molecule has 1 aromatic heterocycles. The summed E-state index contributed by atoms with van der Waals surface area (Å²) in [7, 11) is -1.10. The number of pyridine rings is 1. The maximum absolute atomic E-state index is 13.0. The molecule has 1 fully saturated rings. The van der Waals surface area contributed by atoms with E-state index in [4.69, 9.17) is 0 Å². The zero-order valence-corrected chi connectivity index (χ0v) is 16.5. The lowest BCUT2D eigenvalue weighted by molar-refractivity contribution is 0.0708. The van der Waals surface area contributed by atoms with Crippen LogP contribution in [0.15, 0.2) is 48.7 Å². The highest BCUT2D eigenvalue weighted by molar-refractivity contribution is 7.91. The summed E-state index contributed by atoms with van der Waals surface area (Å²) in [5, 5.41) is 0. The molecule has 3 rings (SSSR count). The van der Waals surface area contributed by atoms with E-state index in [0.29, 0.717) is 30.9 Å². The number of aromatic nitrogens is 1. The number of rotatable bonds is 6. The topological polar surface area (TPSA) is 70.6 Å². The second-order valence-electron chi connectivity index (χ2n) is 6.89. The Hall–Kier alpha value is -2.41. The van der Waals surface area contributed by atoms with Crippen LogP contribution in [-0.2, 0) is 16.4 Å². The summed E-state index contributed by atoms with van der Waals surface area (Å²) >= 11 is 0. The average molecular weight is 388 g/mol. The zero-order chi connectivity index (χ0) is 19.4. The Labute approximate surface area is 160 Å². The van der Waals surface area contributed by atoms with Crippen LogP contribution in [0.2, 0.25) is 0 Å². The van der Waals surface area contributed by atoms with Crippen LogP contribution in [-0.4, -0.2) is 55.3 Å². The summed E-state index contributed by atoms with van der Waals surface area (Å²) in [5.41, 5.74) is 1.69. The molecule has 1 aliphatic heterocycles. The van der Waals surface area contributed by atoms with Crippen molar-refractivity contribution in [1.29, 1.82) is 0 Å². The van der Waals surface area contributed by atoms with E-state index < -0.39 is 9.84 Å². The third-order valence-corrected chi connectivity index (χ3v) is 6.65. The van der Waals surface area contributed by atoms with Crippen molar-refractivity contribution >= 4 is 21.6 Å². The van der Waals surface area contributed by atoms with E-state index in [1.807, 2.05) is 49.2 Å². The molecule has 1 saturated heterocycles. The van der Waals surface area contributed by atoms with Crippen LogP contribution in [0.25, 0.3) is 0 Å². The number of anilines is 1. The molecule has 144 valence electrons. The van der Waals surface area contributed by atoms with Gasteiger partial charge in [-0.1, -0.05) is 30.3 Å². The maximum Gasteiger partial charge on any atom is 0.254 e. The molecule has 0 radical (unpaired) electrons. The average Bonchev–Trinajstić information content (AvgIpc) is 3.02. The molecular weight excluding hydrogens is 362 g/mol. The number of hydrogen-bond acceptors (Lipinski definition) is 5. The van der Waals surface area contributed by atoms with Gasteiger partial charge < -0.3 is 9.80 Å². The summed E-state index contributed by atoms with van der Waals surface area (Å²) < 4.78 is 23.6. The molecule has 0 bridgehead atoms. The summed E-state index contributed by atoms with van der Waals surface area (Å²) in [4.78, 5) is 21.0. The van der Waals surface area contributed by atoms with E-state index in [1.54, 1.807) is 23.2 Å². The van der Waals surface area contributed by atoms with Crippen molar-refractivity contribution in [3.63, 3.8) is 0 Å². The maximum atomic E-state index is 13.0. The fourth-order valence-corrected chi connectivity index (χ4v) is 5.18. The lowest BCUT2D eigenvalue weighted by atomic mass is 10.1. The van der Waals surface area contributed by atoms with Crippen LogP contribution in [0, 0.1) is 0 Å². The monoisotopic (exact) mass is 387 g/mol. The minimum absolute atomic E-state index is 0.0540. The van der Waals surface area contributed by atoms with Crippen LogP contribution in [0.1, 0.15) is 29.3 Å². The van der Waals surface area contributed by atoms with Gasteiger partial charge in [0.25, 0.3) is 5.91 Å². The summed E-state index contributed by atoms with van der Waals surface area (Å²) in [6.45, 7) is 3.05. The van der Waals surface area contributed by atoms with Gasteiger partial charge in [-0.05, 0) is 31.0 Å². The highest BCUT2D eigenvalue weighted by atomic mass is 32.2. The lowest BCUT2D eigenvalue weighted by Crippen LogP contribution is -2.41. The number of benzene rings is 1. The minimum Gasteiger partial charge on any atom is -0.355 e. The van der Waals surface area contributed by atoms with Crippen molar-refractivity contribution in [3.05, 3.63) is 59.8 Å². The van der Waals surface area contributed by atoms with E-state index in [0.717, 1.165) is 5.56 Å². The van der Waals surface area contributed by atoms with E-state index in [-0.39, 0.29) is 23.5 Å². The fourth-order valence-electron chi connectivity index (χ4n) is 3.45. The van der Waals surface area contributed by atoms with Gasteiger partial charge in [-0.2, -0.15) is 0 Å². The third kappa shape index (κ3) is 4.66. The first-order chi connectivity index (χ1) is 12.9. The summed E-state index contributed by atoms with van der Waals surface area (Å²) in [6, 6.07) is 13.3. The Morgan fingerprint density at radius 2 is 1.96 bits per heavy atom. The van der Waals surface area contributed by atoms with Gasteiger partial charge >= 0.3 is 0 Å². The number of carbonyl (C=O) groups excluding carboxylic acids is 1. The number of hydrogen-bond donors (Lipinski definition) is 0. The molecule has 7 heteroatoms. The van der Waals surface area contributed by atoms with Crippen molar-refractivity contribution in [3.8, 4) is 0 Å². The second-order valence-corrected chi connectivity index (χ2v) is 9.12. The highest BCUT2D eigenvalue weighted by Gasteiger charge is 2.34. The van der Waals surface area contributed by atoms with Crippen LogP contribution >= 0.6 is 0 Å². The standard InChI is InChI=1S/C20H25N3O3S/c1-3-23(18-10-12-27(25,26)15-18)20(24)17-9-11-21-19(13-17)22(2)14-16-7-5-4-6-8-16/h4-9,11,13,18H,3,10,12,14-15H2,1-2H3. The number of amides is 1. The van der Waals surface area contributed by atoms with Crippen molar-refractivity contribution in [2.75, 3.05) is 30.0 Å². The number of sulfone groups is 1. The van der Waals surface area contributed by atoms with Crippen molar-refractivity contribution in [1.82, 2.24) is 9.88 Å². The van der Waals surface area contributed by atoms with Crippen molar-refractivity contribution in [2.24, 2.45) is 0 Å². The molecule has 27 heavy (non-hydrogen) atoms. The lowest BCUT2D eigenvalue weighted by Gasteiger charge is -2.27. The quantitative estimate of drug-likeness (QED) is 0.761. The van der Waals surface area contributed by atoms with Gasteiger partial charge in [-0.25, -0.2) is 13.4 Å². The first kappa shape index (κ1) is 19.4. The molecule has 1 unspecified atom stereocenters. The van der Waals surface area contributed by atoms with Crippen LogP contribution < -0.4 is 4.90 Å². The van der Waals surface area contributed by atoms with Gasteiger partial charge in [0.1, 0.15) is 5.82 Å². The van der Waals surface area contributed by atoms with Crippen molar-refractivity contribution < 1.29 is 13.2 Å². The SMILES string of the molecule is CCN(C(=O)c1ccnc(N(C)Cc2ccccc2)c1)C1CCS(=O)(=O)C1. The first-order valence-electron chi connectivity index (χ1n) is 9.12. The molecule has 0 N–H and O–H groups in total. The second kappa shape index (κ2) is 8.08. The molecule has 0 spiro atoms. The Kier molecular flexibility index (Phi) is 5.79. The molecule has 1 aliphatic rings. The first-order valence-corrected chi connectivity index (χ1v) is 10.9. The summed E-state index contributed by atoms with van der Waals surface area (Å²) in [5.74, 6) is 0.775. The van der Waals surface area contributed by atoms with Gasteiger partial charge in [0, 0.05) is 37.9 Å². The minimum atomic E-state index is -3.04. The molecule has 0 saturated carbocycles. The predicted octanol–water partition coefficient (Wildman–Crippen LogP) is 2.37. The highest BCUT2D eigenvalue weighted by Crippen LogP contribution is 2.21. The molecule has 0 aliphatic carbocycles. The largest absolute Gasteiger partial charge is 0.355 e. The molecule has 2 aromatic rings. The molecule has 6 nitrogen and oxygen atoms in total. The van der Waals surface area contributed by atoms with Crippen LogP contribution in [0.4, 0.5) is 5.82 Å². The molecule has 1 aromatic carbocycles. The zero-order valence-electron chi connectivity index (χ0n) is 15.7. The Morgan fingerprint density at radius 3 is 2.59 bits per heavy atom. The van der Waals surface area contributed by atoms with E-state index in [9.17, 15) is 13.2 Å². The summed E-state index contributed by atoms with van der Waals surface area (Å²) in [6.07, 6.45) is 2.14. The van der Waals surface area contributed by atoms with E-state index >= 15 is 0 Å².